The zero-order valence-electron chi connectivity index (χ0n) is 11.8. The summed E-state index contributed by atoms with van der Waals surface area (Å²) in [6.45, 7) is 5.56. The summed E-state index contributed by atoms with van der Waals surface area (Å²) in [6, 6.07) is 5.62. The Morgan fingerprint density at radius 3 is 2.53 bits per heavy atom. The van der Waals surface area contributed by atoms with Crippen LogP contribution in [-0.4, -0.2) is 6.04 Å². The number of rotatable bonds is 4. The first-order valence-electron chi connectivity index (χ1n) is 7.48. The lowest BCUT2D eigenvalue weighted by Gasteiger charge is -2.05. The number of benzene rings is 1. The zero-order chi connectivity index (χ0) is 13.0. The Hall–Kier alpha value is -0.860. The summed E-state index contributed by atoms with van der Waals surface area (Å²) >= 11 is 2.02. The largest absolute Gasteiger partial charge is 0.309 e. The molecule has 0 atom stereocenters. The van der Waals surface area contributed by atoms with E-state index in [4.69, 9.17) is 0 Å². The van der Waals surface area contributed by atoms with Crippen LogP contribution in [0.15, 0.2) is 12.1 Å². The van der Waals surface area contributed by atoms with Crippen molar-refractivity contribution in [3.63, 3.8) is 0 Å². The summed E-state index contributed by atoms with van der Waals surface area (Å²) in [4.78, 5) is 1.61. The Balaban J connectivity index is 1.79. The van der Waals surface area contributed by atoms with Gasteiger partial charge in [-0.05, 0) is 73.6 Å². The monoisotopic (exact) mass is 271 g/mol. The van der Waals surface area contributed by atoms with E-state index in [1.54, 1.807) is 15.8 Å². The number of thiophene rings is 1. The van der Waals surface area contributed by atoms with Gasteiger partial charge in [0.2, 0.25) is 0 Å². The van der Waals surface area contributed by atoms with Crippen molar-refractivity contribution in [1.29, 1.82) is 0 Å². The third-order valence-corrected chi connectivity index (χ3v) is 5.70. The predicted molar refractivity (Wildman–Crippen MR) is 83.1 cm³/mol. The number of hydrogen-bond acceptors (Lipinski definition) is 2. The van der Waals surface area contributed by atoms with Gasteiger partial charge in [0.15, 0.2) is 0 Å². The van der Waals surface area contributed by atoms with Gasteiger partial charge in [0.05, 0.1) is 0 Å². The van der Waals surface area contributed by atoms with Crippen LogP contribution in [0.3, 0.4) is 0 Å². The van der Waals surface area contributed by atoms with Crippen LogP contribution >= 0.6 is 11.3 Å². The molecule has 1 nitrogen and oxygen atoms in total. The second kappa shape index (κ2) is 4.32. The molecule has 0 spiro atoms. The SMILES string of the molecule is Cc1cc2sc(CNC3CC3)c(C3CC3)c2cc1C. The topological polar surface area (TPSA) is 12.0 Å². The summed E-state index contributed by atoms with van der Waals surface area (Å²) in [7, 11) is 0. The maximum Gasteiger partial charge on any atom is 0.0351 e. The van der Waals surface area contributed by atoms with E-state index in [0.29, 0.717) is 0 Å². The van der Waals surface area contributed by atoms with Gasteiger partial charge in [-0.25, -0.2) is 0 Å². The van der Waals surface area contributed by atoms with E-state index in [9.17, 15) is 0 Å². The molecule has 0 amide bonds. The zero-order valence-corrected chi connectivity index (χ0v) is 12.6. The van der Waals surface area contributed by atoms with Crippen molar-refractivity contribution in [2.75, 3.05) is 0 Å². The summed E-state index contributed by atoms with van der Waals surface area (Å²) in [6.07, 6.45) is 5.55. The lowest BCUT2D eigenvalue weighted by molar-refractivity contribution is 0.691. The molecule has 1 aromatic carbocycles. The van der Waals surface area contributed by atoms with E-state index in [2.05, 4.69) is 31.3 Å². The van der Waals surface area contributed by atoms with Crippen molar-refractivity contribution in [2.45, 2.75) is 58.0 Å². The molecule has 2 aromatic rings. The number of aryl methyl sites for hydroxylation is 2. The van der Waals surface area contributed by atoms with Crippen LogP contribution in [0.4, 0.5) is 0 Å². The van der Waals surface area contributed by atoms with E-state index in [1.807, 2.05) is 11.3 Å². The molecule has 0 aliphatic heterocycles. The second-order valence-corrected chi connectivity index (χ2v) is 7.44. The highest BCUT2D eigenvalue weighted by Crippen LogP contribution is 2.48. The number of nitrogens with one attached hydrogen (secondary N) is 1. The molecule has 1 heterocycles. The van der Waals surface area contributed by atoms with Gasteiger partial charge in [-0.15, -0.1) is 11.3 Å². The highest BCUT2D eigenvalue weighted by atomic mass is 32.1. The molecule has 0 saturated heterocycles. The van der Waals surface area contributed by atoms with Gasteiger partial charge in [0, 0.05) is 22.2 Å². The van der Waals surface area contributed by atoms with Crippen LogP contribution in [0.2, 0.25) is 0 Å². The van der Waals surface area contributed by atoms with Gasteiger partial charge < -0.3 is 5.32 Å². The maximum atomic E-state index is 3.70. The van der Waals surface area contributed by atoms with Gasteiger partial charge in [-0.3, -0.25) is 0 Å². The molecule has 0 unspecified atom stereocenters. The minimum atomic E-state index is 0.806. The number of hydrogen-bond donors (Lipinski definition) is 1. The lowest BCUT2D eigenvalue weighted by atomic mass is 10.0. The Bertz CT molecular complexity index is 632. The average molecular weight is 271 g/mol. The van der Waals surface area contributed by atoms with Crippen LogP contribution in [0.1, 0.15) is 53.2 Å². The smallest absolute Gasteiger partial charge is 0.0351 e. The van der Waals surface area contributed by atoms with Crippen LogP contribution in [-0.2, 0) is 6.54 Å². The Labute approximate surface area is 119 Å². The van der Waals surface area contributed by atoms with Crippen LogP contribution < -0.4 is 5.32 Å². The van der Waals surface area contributed by atoms with Crippen LogP contribution in [0, 0.1) is 13.8 Å². The molecule has 4 rings (SSSR count). The van der Waals surface area contributed by atoms with E-state index in [-0.39, 0.29) is 0 Å². The molecule has 0 bridgehead atoms. The molecule has 2 heteroatoms. The predicted octanol–water partition coefficient (Wildman–Crippen LogP) is 4.65. The third kappa shape index (κ3) is 2.21. The second-order valence-electron chi connectivity index (χ2n) is 6.30. The fraction of sp³-hybridized carbons (Fsp3) is 0.529. The fourth-order valence-electron chi connectivity index (χ4n) is 2.90. The highest BCUT2D eigenvalue weighted by molar-refractivity contribution is 7.19. The fourth-order valence-corrected chi connectivity index (χ4v) is 4.22. The highest BCUT2D eigenvalue weighted by Gasteiger charge is 2.30. The summed E-state index contributed by atoms with van der Waals surface area (Å²) in [5.74, 6) is 0.854. The molecular weight excluding hydrogens is 250 g/mol. The summed E-state index contributed by atoms with van der Waals surface area (Å²) < 4.78 is 1.50. The van der Waals surface area contributed by atoms with Gasteiger partial charge in [0.1, 0.15) is 0 Å². The first kappa shape index (κ1) is 11.9. The van der Waals surface area contributed by atoms with E-state index in [0.717, 1.165) is 18.5 Å². The molecular formula is C17H21NS. The third-order valence-electron chi connectivity index (χ3n) is 4.53. The molecule has 2 fully saturated rings. The molecule has 2 aliphatic rings. The Morgan fingerprint density at radius 1 is 1.11 bits per heavy atom. The average Bonchev–Trinajstić information content (AvgIpc) is 3.27. The first-order chi connectivity index (χ1) is 9.22. The molecule has 0 radical (unpaired) electrons. The Kier molecular flexibility index (Phi) is 2.71. The van der Waals surface area contributed by atoms with Crippen molar-refractivity contribution in [2.24, 2.45) is 0 Å². The van der Waals surface area contributed by atoms with Gasteiger partial charge in [0.25, 0.3) is 0 Å². The molecule has 1 N–H and O–H groups in total. The van der Waals surface area contributed by atoms with E-state index >= 15 is 0 Å². The van der Waals surface area contributed by atoms with Gasteiger partial charge in [-0.2, -0.15) is 0 Å². The summed E-state index contributed by atoms with van der Waals surface area (Å²) in [5, 5.41) is 5.24. The molecule has 19 heavy (non-hydrogen) atoms. The lowest BCUT2D eigenvalue weighted by Crippen LogP contribution is -2.15. The van der Waals surface area contributed by atoms with Crippen molar-refractivity contribution in [1.82, 2.24) is 5.32 Å². The van der Waals surface area contributed by atoms with Gasteiger partial charge in [-0.1, -0.05) is 6.07 Å². The molecule has 100 valence electrons. The maximum absolute atomic E-state index is 3.70. The molecule has 2 aliphatic carbocycles. The summed E-state index contributed by atoms with van der Waals surface area (Å²) in [5.41, 5.74) is 4.54. The first-order valence-corrected chi connectivity index (χ1v) is 8.30. The van der Waals surface area contributed by atoms with Crippen molar-refractivity contribution in [3.8, 4) is 0 Å². The minimum absolute atomic E-state index is 0.806. The van der Waals surface area contributed by atoms with Gasteiger partial charge >= 0.3 is 0 Å². The van der Waals surface area contributed by atoms with E-state index in [1.165, 1.54) is 41.5 Å². The Morgan fingerprint density at radius 2 is 1.84 bits per heavy atom. The van der Waals surface area contributed by atoms with Crippen molar-refractivity contribution >= 4 is 21.4 Å². The van der Waals surface area contributed by atoms with Crippen molar-refractivity contribution in [3.05, 3.63) is 33.7 Å². The molecule has 2 saturated carbocycles. The number of fused-ring (bicyclic) bond motifs is 1. The van der Waals surface area contributed by atoms with E-state index < -0.39 is 0 Å². The minimum Gasteiger partial charge on any atom is -0.309 e. The van der Waals surface area contributed by atoms with Crippen molar-refractivity contribution < 1.29 is 0 Å². The molecule has 1 aromatic heterocycles. The normalized spacial score (nSPS) is 19.3. The quantitative estimate of drug-likeness (QED) is 0.853. The standard InChI is InChI=1S/C17H21NS/c1-10-7-14-15(8-11(10)2)19-16(9-18-13-5-6-13)17(14)12-3-4-12/h7-8,12-13,18H,3-6,9H2,1-2H3. The van der Waals surface area contributed by atoms with Crippen LogP contribution in [0.5, 0.6) is 0 Å². The van der Waals surface area contributed by atoms with Crippen LogP contribution in [0.25, 0.3) is 10.1 Å².